The van der Waals surface area contributed by atoms with Crippen molar-refractivity contribution in [3.63, 3.8) is 0 Å². The molecule has 2 aliphatic rings. The smallest absolute Gasteiger partial charge is 0.243 e. The number of rotatable bonds is 5. The van der Waals surface area contributed by atoms with Crippen LogP contribution in [0.4, 0.5) is 5.95 Å². The zero-order valence-electron chi connectivity index (χ0n) is 17.4. The van der Waals surface area contributed by atoms with Crippen molar-refractivity contribution in [2.45, 2.75) is 25.0 Å². The standard InChI is InChI=1S/C23H23N7O2/c31-22-19(13-24-11-12-25-22)27-23-26-18-4-2-1-3-17(18)21-28-20(29-30(21)23)14-5-7-15(8-6-14)32-16-9-10-16/h1-8,16,19,24H,9-13H2,(H,25,31)(H,26,27)/t19-/m1/s1. The lowest BCUT2D eigenvalue weighted by atomic mass is 10.2. The van der Waals surface area contributed by atoms with E-state index in [1.807, 2.05) is 48.5 Å². The van der Waals surface area contributed by atoms with E-state index in [0.717, 1.165) is 41.6 Å². The van der Waals surface area contributed by atoms with Crippen molar-refractivity contribution in [2.24, 2.45) is 0 Å². The highest BCUT2D eigenvalue weighted by Gasteiger charge is 2.24. The third-order valence-electron chi connectivity index (χ3n) is 5.69. The normalized spacial score (nSPS) is 19.0. The van der Waals surface area contributed by atoms with Crippen LogP contribution in [0.15, 0.2) is 48.5 Å². The Bertz CT molecular complexity index is 1300. The predicted octanol–water partition coefficient (Wildman–Crippen LogP) is 1.99. The number of fused-ring (bicyclic) bond motifs is 3. The average molecular weight is 429 g/mol. The van der Waals surface area contributed by atoms with Gasteiger partial charge in [0.2, 0.25) is 11.9 Å². The highest BCUT2D eigenvalue weighted by atomic mass is 16.5. The summed E-state index contributed by atoms with van der Waals surface area (Å²) in [7, 11) is 0. The van der Waals surface area contributed by atoms with Gasteiger partial charge in [0.25, 0.3) is 0 Å². The van der Waals surface area contributed by atoms with Gasteiger partial charge in [-0.25, -0.2) is 9.97 Å². The van der Waals surface area contributed by atoms with E-state index in [1.165, 1.54) is 0 Å². The van der Waals surface area contributed by atoms with Gasteiger partial charge in [-0.3, -0.25) is 4.79 Å². The Kier molecular flexibility index (Phi) is 4.61. The number of hydrogen-bond donors (Lipinski definition) is 3. The van der Waals surface area contributed by atoms with Crippen molar-refractivity contribution in [1.29, 1.82) is 0 Å². The van der Waals surface area contributed by atoms with Crippen molar-refractivity contribution in [2.75, 3.05) is 25.0 Å². The maximum Gasteiger partial charge on any atom is 0.243 e. The second kappa shape index (κ2) is 7.76. The van der Waals surface area contributed by atoms with E-state index >= 15 is 0 Å². The first kappa shape index (κ1) is 19.0. The van der Waals surface area contributed by atoms with Gasteiger partial charge < -0.3 is 20.7 Å². The molecule has 0 unspecified atom stereocenters. The van der Waals surface area contributed by atoms with Gasteiger partial charge in [0.05, 0.1) is 11.6 Å². The van der Waals surface area contributed by atoms with E-state index in [1.54, 1.807) is 4.52 Å². The molecule has 6 rings (SSSR count). The first-order chi connectivity index (χ1) is 15.7. The Morgan fingerprint density at radius 3 is 2.72 bits per heavy atom. The van der Waals surface area contributed by atoms with Gasteiger partial charge in [0.15, 0.2) is 11.5 Å². The van der Waals surface area contributed by atoms with E-state index < -0.39 is 6.04 Å². The first-order valence-corrected chi connectivity index (χ1v) is 10.9. The molecule has 3 N–H and O–H groups in total. The molecule has 1 aliphatic heterocycles. The molecular formula is C23H23N7O2. The number of aromatic nitrogens is 4. The van der Waals surface area contributed by atoms with Gasteiger partial charge in [-0.15, -0.1) is 5.10 Å². The molecule has 162 valence electrons. The second-order valence-corrected chi connectivity index (χ2v) is 8.16. The molecule has 4 aromatic rings. The molecular weight excluding hydrogens is 406 g/mol. The molecule has 1 amide bonds. The third-order valence-corrected chi connectivity index (χ3v) is 5.69. The van der Waals surface area contributed by atoms with Crippen molar-refractivity contribution in [3.05, 3.63) is 48.5 Å². The zero-order chi connectivity index (χ0) is 21.5. The lowest BCUT2D eigenvalue weighted by Gasteiger charge is -2.16. The Balaban J connectivity index is 1.41. The van der Waals surface area contributed by atoms with E-state index in [2.05, 4.69) is 16.0 Å². The lowest BCUT2D eigenvalue weighted by molar-refractivity contribution is -0.121. The maximum atomic E-state index is 12.5. The molecule has 1 atom stereocenters. The molecule has 0 radical (unpaired) electrons. The van der Waals surface area contributed by atoms with Crippen LogP contribution in [-0.4, -0.2) is 57.3 Å². The molecule has 1 saturated heterocycles. The van der Waals surface area contributed by atoms with Crippen molar-refractivity contribution in [3.8, 4) is 17.1 Å². The van der Waals surface area contributed by atoms with Crippen LogP contribution >= 0.6 is 0 Å². The topological polar surface area (TPSA) is 105 Å². The van der Waals surface area contributed by atoms with Gasteiger partial charge in [0, 0.05) is 30.6 Å². The highest BCUT2D eigenvalue weighted by Crippen LogP contribution is 2.29. The lowest BCUT2D eigenvalue weighted by Crippen LogP contribution is -2.42. The Morgan fingerprint density at radius 2 is 1.88 bits per heavy atom. The number of carbonyl (C=O) groups is 1. The second-order valence-electron chi connectivity index (χ2n) is 8.16. The van der Waals surface area contributed by atoms with Crippen LogP contribution < -0.4 is 20.7 Å². The minimum absolute atomic E-state index is 0.0651. The predicted molar refractivity (Wildman–Crippen MR) is 121 cm³/mol. The van der Waals surface area contributed by atoms with E-state index in [0.29, 0.717) is 36.6 Å². The summed E-state index contributed by atoms with van der Waals surface area (Å²) < 4.78 is 7.53. The maximum absolute atomic E-state index is 12.5. The number of hydrogen-bond acceptors (Lipinski definition) is 7. The fourth-order valence-electron chi connectivity index (χ4n) is 3.84. The number of benzene rings is 2. The number of ether oxygens (including phenoxy) is 1. The fraction of sp³-hybridized carbons (Fsp3) is 0.304. The Hall–Kier alpha value is -3.72. The van der Waals surface area contributed by atoms with Gasteiger partial charge >= 0.3 is 0 Å². The van der Waals surface area contributed by atoms with Crippen LogP contribution in [0.25, 0.3) is 27.9 Å². The highest BCUT2D eigenvalue weighted by molar-refractivity contribution is 5.93. The summed E-state index contributed by atoms with van der Waals surface area (Å²) >= 11 is 0. The van der Waals surface area contributed by atoms with Gasteiger partial charge in [-0.05, 0) is 49.2 Å². The van der Waals surface area contributed by atoms with Crippen LogP contribution in [0, 0.1) is 0 Å². The van der Waals surface area contributed by atoms with E-state index in [4.69, 9.17) is 19.8 Å². The van der Waals surface area contributed by atoms with Crippen LogP contribution in [0.5, 0.6) is 5.75 Å². The monoisotopic (exact) mass is 429 g/mol. The van der Waals surface area contributed by atoms with E-state index in [9.17, 15) is 4.79 Å². The molecule has 0 spiro atoms. The summed E-state index contributed by atoms with van der Waals surface area (Å²) in [5.74, 6) is 1.87. The van der Waals surface area contributed by atoms with Crippen LogP contribution in [-0.2, 0) is 4.79 Å². The van der Waals surface area contributed by atoms with Crippen molar-refractivity contribution in [1.82, 2.24) is 30.2 Å². The van der Waals surface area contributed by atoms with Gasteiger partial charge in [-0.1, -0.05) is 12.1 Å². The molecule has 9 heteroatoms. The first-order valence-electron chi connectivity index (χ1n) is 10.9. The SMILES string of the molecule is O=C1NCCNC[C@H]1Nc1nc2ccccc2c2nc(-c3ccc(OC4CC4)cc3)nn12. The van der Waals surface area contributed by atoms with E-state index in [-0.39, 0.29) is 5.91 Å². The summed E-state index contributed by atoms with van der Waals surface area (Å²) in [6.45, 7) is 1.84. The molecule has 2 aromatic carbocycles. The summed E-state index contributed by atoms with van der Waals surface area (Å²) in [6, 6.07) is 15.2. The molecule has 32 heavy (non-hydrogen) atoms. The van der Waals surface area contributed by atoms with Crippen molar-refractivity contribution < 1.29 is 9.53 Å². The van der Waals surface area contributed by atoms with Crippen LogP contribution in [0.1, 0.15) is 12.8 Å². The summed E-state index contributed by atoms with van der Waals surface area (Å²) in [4.78, 5) is 22.0. The third kappa shape index (κ3) is 3.60. The number of nitrogens with one attached hydrogen (secondary N) is 3. The quantitative estimate of drug-likeness (QED) is 0.446. The molecule has 1 aliphatic carbocycles. The summed E-state index contributed by atoms with van der Waals surface area (Å²) in [5, 5.41) is 15.1. The van der Waals surface area contributed by atoms with Crippen molar-refractivity contribution >= 4 is 28.4 Å². The summed E-state index contributed by atoms with van der Waals surface area (Å²) in [6.07, 6.45) is 2.61. The zero-order valence-corrected chi connectivity index (χ0v) is 17.4. The minimum Gasteiger partial charge on any atom is -0.490 e. The Morgan fingerprint density at radius 1 is 1.03 bits per heavy atom. The molecule has 3 heterocycles. The number of amides is 1. The van der Waals surface area contributed by atoms with Crippen LogP contribution in [0.3, 0.4) is 0 Å². The van der Waals surface area contributed by atoms with Crippen LogP contribution in [0.2, 0.25) is 0 Å². The molecule has 2 fully saturated rings. The minimum atomic E-state index is -0.458. The number of para-hydroxylation sites is 1. The number of nitrogens with zero attached hydrogens (tertiary/aromatic N) is 4. The Labute approximate surface area is 184 Å². The number of anilines is 1. The van der Waals surface area contributed by atoms with Gasteiger partial charge in [-0.2, -0.15) is 4.52 Å². The largest absolute Gasteiger partial charge is 0.490 e. The summed E-state index contributed by atoms with van der Waals surface area (Å²) in [5.41, 5.74) is 2.37. The molecule has 2 aromatic heterocycles. The molecule has 0 bridgehead atoms. The fourth-order valence-corrected chi connectivity index (χ4v) is 3.84. The van der Waals surface area contributed by atoms with Gasteiger partial charge in [0.1, 0.15) is 11.8 Å². The number of carbonyl (C=O) groups excluding carboxylic acids is 1. The molecule has 9 nitrogen and oxygen atoms in total. The average Bonchev–Trinajstić information content (AvgIpc) is 3.55. The molecule has 1 saturated carbocycles.